The van der Waals surface area contributed by atoms with Crippen LogP contribution >= 0.6 is 11.3 Å². The highest BCUT2D eigenvalue weighted by molar-refractivity contribution is 7.12. The molecule has 0 bridgehead atoms. The van der Waals surface area contributed by atoms with Crippen molar-refractivity contribution in [3.05, 3.63) is 46.4 Å². The fourth-order valence-corrected chi connectivity index (χ4v) is 2.44. The number of anilines is 1. The van der Waals surface area contributed by atoms with Crippen LogP contribution in [0.25, 0.3) is 0 Å². The first-order chi connectivity index (χ1) is 9.70. The SMILES string of the molecule is COC(=O)c1sccc1NC(=O)CCc1ccncc1. The number of carbonyl (C=O) groups is 2. The molecule has 2 heterocycles. The summed E-state index contributed by atoms with van der Waals surface area (Å²) in [5, 5.41) is 4.47. The Balaban J connectivity index is 1.92. The second kappa shape index (κ2) is 6.81. The molecule has 0 spiro atoms. The number of hydrogen-bond acceptors (Lipinski definition) is 5. The van der Waals surface area contributed by atoms with Crippen LogP contribution in [0.1, 0.15) is 21.7 Å². The molecule has 1 N–H and O–H groups in total. The molecule has 0 aliphatic carbocycles. The molecule has 0 aliphatic heterocycles. The van der Waals surface area contributed by atoms with E-state index < -0.39 is 5.97 Å². The number of ether oxygens (including phenoxy) is 1. The number of pyridine rings is 1. The number of thiophene rings is 1. The zero-order chi connectivity index (χ0) is 14.4. The predicted octanol–water partition coefficient (Wildman–Crippen LogP) is 2.50. The van der Waals surface area contributed by atoms with Gasteiger partial charge < -0.3 is 10.1 Å². The van der Waals surface area contributed by atoms with E-state index in [1.54, 1.807) is 23.8 Å². The molecule has 0 aliphatic rings. The Morgan fingerprint density at radius 2 is 2.05 bits per heavy atom. The highest BCUT2D eigenvalue weighted by atomic mass is 32.1. The molecule has 2 aromatic rings. The molecule has 2 aromatic heterocycles. The van der Waals surface area contributed by atoms with Crippen molar-refractivity contribution in [2.75, 3.05) is 12.4 Å². The summed E-state index contributed by atoms with van der Waals surface area (Å²) in [5.41, 5.74) is 1.55. The summed E-state index contributed by atoms with van der Waals surface area (Å²) >= 11 is 1.24. The van der Waals surface area contributed by atoms with E-state index in [2.05, 4.69) is 15.0 Å². The van der Waals surface area contributed by atoms with Gasteiger partial charge in [0.05, 0.1) is 12.8 Å². The number of carbonyl (C=O) groups excluding carboxylic acids is 2. The Morgan fingerprint density at radius 1 is 1.30 bits per heavy atom. The van der Waals surface area contributed by atoms with Crippen molar-refractivity contribution in [2.45, 2.75) is 12.8 Å². The standard InChI is InChI=1S/C14H14N2O3S/c1-19-14(18)13-11(6-9-20-13)16-12(17)3-2-10-4-7-15-8-5-10/h4-9H,2-3H2,1H3,(H,16,17). The molecule has 0 saturated carbocycles. The van der Waals surface area contributed by atoms with Gasteiger partial charge in [-0.25, -0.2) is 4.79 Å². The molecule has 5 nitrogen and oxygen atoms in total. The summed E-state index contributed by atoms with van der Waals surface area (Å²) < 4.78 is 4.66. The quantitative estimate of drug-likeness (QED) is 0.859. The molecule has 0 radical (unpaired) electrons. The fraction of sp³-hybridized carbons (Fsp3) is 0.214. The lowest BCUT2D eigenvalue weighted by Gasteiger charge is -2.05. The molecule has 104 valence electrons. The topological polar surface area (TPSA) is 68.3 Å². The van der Waals surface area contributed by atoms with Gasteiger partial charge in [0.25, 0.3) is 0 Å². The van der Waals surface area contributed by atoms with E-state index in [9.17, 15) is 9.59 Å². The van der Waals surface area contributed by atoms with Gasteiger partial charge in [-0.05, 0) is 35.6 Å². The highest BCUT2D eigenvalue weighted by Crippen LogP contribution is 2.23. The van der Waals surface area contributed by atoms with Crippen molar-refractivity contribution in [3.63, 3.8) is 0 Å². The Bertz CT molecular complexity index is 595. The Hall–Kier alpha value is -2.21. The van der Waals surface area contributed by atoms with Crippen LogP contribution in [0, 0.1) is 0 Å². The van der Waals surface area contributed by atoms with E-state index >= 15 is 0 Å². The molecule has 20 heavy (non-hydrogen) atoms. The molecule has 0 saturated heterocycles. The van der Waals surface area contributed by atoms with Gasteiger partial charge in [-0.15, -0.1) is 11.3 Å². The lowest BCUT2D eigenvalue weighted by molar-refractivity contribution is -0.116. The number of esters is 1. The molecular formula is C14H14N2O3S. The van der Waals surface area contributed by atoms with Gasteiger partial charge in [-0.3, -0.25) is 9.78 Å². The van der Waals surface area contributed by atoms with Crippen LogP contribution in [0.5, 0.6) is 0 Å². The molecule has 0 unspecified atom stereocenters. The maximum Gasteiger partial charge on any atom is 0.350 e. The van der Waals surface area contributed by atoms with Gasteiger partial charge >= 0.3 is 5.97 Å². The molecule has 0 fully saturated rings. The highest BCUT2D eigenvalue weighted by Gasteiger charge is 2.15. The van der Waals surface area contributed by atoms with Crippen molar-refractivity contribution in [1.82, 2.24) is 4.98 Å². The van der Waals surface area contributed by atoms with E-state index in [-0.39, 0.29) is 5.91 Å². The van der Waals surface area contributed by atoms with E-state index in [0.717, 1.165) is 5.56 Å². The van der Waals surface area contributed by atoms with Gasteiger partial charge in [-0.2, -0.15) is 0 Å². The predicted molar refractivity (Wildman–Crippen MR) is 76.8 cm³/mol. The largest absolute Gasteiger partial charge is 0.465 e. The van der Waals surface area contributed by atoms with Crippen molar-refractivity contribution in [2.24, 2.45) is 0 Å². The number of amides is 1. The minimum absolute atomic E-state index is 0.134. The number of aryl methyl sites for hydroxylation is 1. The van der Waals surface area contributed by atoms with E-state index in [4.69, 9.17) is 0 Å². The van der Waals surface area contributed by atoms with Crippen LogP contribution in [0.15, 0.2) is 36.0 Å². The number of nitrogens with one attached hydrogen (secondary N) is 1. The van der Waals surface area contributed by atoms with E-state index in [1.165, 1.54) is 18.4 Å². The lowest BCUT2D eigenvalue weighted by Crippen LogP contribution is -2.14. The zero-order valence-corrected chi connectivity index (χ0v) is 11.8. The zero-order valence-electron chi connectivity index (χ0n) is 11.0. The van der Waals surface area contributed by atoms with Crippen LogP contribution in [0.4, 0.5) is 5.69 Å². The minimum Gasteiger partial charge on any atom is -0.465 e. The van der Waals surface area contributed by atoms with Crippen molar-refractivity contribution >= 4 is 28.9 Å². The number of methoxy groups -OCH3 is 1. The maximum absolute atomic E-state index is 11.9. The second-order valence-corrected chi connectivity index (χ2v) is 4.97. The second-order valence-electron chi connectivity index (χ2n) is 4.06. The minimum atomic E-state index is -0.440. The van der Waals surface area contributed by atoms with Crippen LogP contribution in [-0.4, -0.2) is 24.0 Å². The van der Waals surface area contributed by atoms with Crippen LogP contribution in [-0.2, 0) is 16.0 Å². The Kier molecular flexibility index (Phi) is 4.84. The van der Waals surface area contributed by atoms with Gasteiger partial charge in [-0.1, -0.05) is 0 Å². The van der Waals surface area contributed by atoms with Crippen molar-refractivity contribution < 1.29 is 14.3 Å². The van der Waals surface area contributed by atoms with Gasteiger partial charge in [0.1, 0.15) is 4.88 Å². The summed E-state index contributed by atoms with van der Waals surface area (Å²) in [6, 6.07) is 5.44. The van der Waals surface area contributed by atoms with Gasteiger partial charge in [0.15, 0.2) is 0 Å². The normalized spacial score (nSPS) is 10.1. The average molecular weight is 290 g/mol. The number of nitrogens with zero attached hydrogens (tertiary/aromatic N) is 1. The molecule has 6 heteroatoms. The van der Waals surface area contributed by atoms with Crippen molar-refractivity contribution in [1.29, 1.82) is 0 Å². The van der Waals surface area contributed by atoms with Gasteiger partial charge in [0.2, 0.25) is 5.91 Å². The summed E-state index contributed by atoms with van der Waals surface area (Å²) in [7, 11) is 1.32. The molecule has 2 rings (SSSR count). The maximum atomic E-state index is 11.9. The fourth-order valence-electron chi connectivity index (χ4n) is 1.68. The number of rotatable bonds is 5. The smallest absolute Gasteiger partial charge is 0.350 e. The summed E-state index contributed by atoms with van der Waals surface area (Å²) in [4.78, 5) is 27.7. The molecule has 0 atom stereocenters. The first-order valence-electron chi connectivity index (χ1n) is 6.05. The summed E-state index contributed by atoms with van der Waals surface area (Å²) in [6.45, 7) is 0. The summed E-state index contributed by atoms with van der Waals surface area (Å²) in [5.74, 6) is -0.574. The number of aromatic nitrogens is 1. The van der Waals surface area contributed by atoms with Crippen LogP contribution in [0.2, 0.25) is 0 Å². The first-order valence-corrected chi connectivity index (χ1v) is 6.93. The molecular weight excluding hydrogens is 276 g/mol. The van der Waals surface area contributed by atoms with E-state index in [0.29, 0.717) is 23.4 Å². The third-order valence-electron chi connectivity index (χ3n) is 2.70. The van der Waals surface area contributed by atoms with Crippen molar-refractivity contribution in [3.8, 4) is 0 Å². The first kappa shape index (κ1) is 14.2. The molecule has 1 amide bonds. The monoisotopic (exact) mass is 290 g/mol. The van der Waals surface area contributed by atoms with Crippen LogP contribution < -0.4 is 5.32 Å². The Labute approximate surface area is 120 Å². The lowest BCUT2D eigenvalue weighted by atomic mass is 10.1. The Morgan fingerprint density at radius 3 is 2.75 bits per heavy atom. The van der Waals surface area contributed by atoms with E-state index in [1.807, 2.05) is 12.1 Å². The van der Waals surface area contributed by atoms with Crippen LogP contribution in [0.3, 0.4) is 0 Å². The number of hydrogen-bond donors (Lipinski definition) is 1. The third-order valence-corrected chi connectivity index (χ3v) is 3.59. The molecule has 0 aromatic carbocycles. The summed E-state index contributed by atoms with van der Waals surface area (Å²) in [6.07, 6.45) is 4.37. The third kappa shape index (κ3) is 3.64. The van der Waals surface area contributed by atoms with Gasteiger partial charge in [0, 0.05) is 18.8 Å². The average Bonchev–Trinajstić information content (AvgIpc) is 2.93.